The van der Waals surface area contributed by atoms with Crippen molar-refractivity contribution in [3.8, 4) is 28.6 Å². The first kappa shape index (κ1) is 19.9. The molecule has 0 bridgehead atoms. The SMILES string of the molecule is [2H]c1cccnc1Oc1[c-]c(-c2[c-]c3c(cc2)c2ccccc2n3-c2ccccn2)ccc1.[Pt+2]. The Labute approximate surface area is 207 Å². The van der Waals surface area contributed by atoms with Crippen LogP contribution < -0.4 is 4.74 Å². The maximum Gasteiger partial charge on any atom is 2.00 e. The number of pyridine rings is 2. The van der Waals surface area contributed by atoms with Gasteiger partial charge < -0.3 is 9.30 Å². The van der Waals surface area contributed by atoms with Crippen molar-refractivity contribution in [2.75, 3.05) is 0 Å². The van der Waals surface area contributed by atoms with E-state index in [4.69, 9.17) is 6.11 Å². The van der Waals surface area contributed by atoms with Crippen LogP contribution in [0.3, 0.4) is 0 Å². The van der Waals surface area contributed by atoms with E-state index in [1.165, 1.54) is 0 Å². The molecule has 0 aliphatic heterocycles. The largest absolute Gasteiger partial charge is 2.00 e. The molecule has 0 aliphatic carbocycles. The number of fused-ring (bicyclic) bond motifs is 3. The molecule has 0 saturated heterocycles. The summed E-state index contributed by atoms with van der Waals surface area (Å²) in [6.45, 7) is 0. The Morgan fingerprint density at radius 2 is 1.55 bits per heavy atom. The van der Waals surface area contributed by atoms with E-state index in [1.807, 2.05) is 48.5 Å². The molecule has 3 aromatic heterocycles. The van der Waals surface area contributed by atoms with Gasteiger partial charge in [0, 0.05) is 29.7 Å². The molecule has 160 valence electrons. The third-order valence-electron chi connectivity index (χ3n) is 5.31. The van der Waals surface area contributed by atoms with Gasteiger partial charge in [0.15, 0.2) is 0 Å². The third-order valence-corrected chi connectivity index (χ3v) is 5.31. The first-order chi connectivity index (χ1) is 16.3. The Bertz CT molecular complexity index is 1620. The monoisotopic (exact) mass is 607 g/mol. The molecule has 3 heterocycles. The van der Waals surface area contributed by atoms with Crippen LogP contribution in [0.1, 0.15) is 1.37 Å². The predicted molar refractivity (Wildman–Crippen MR) is 126 cm³/mol. The summed E-state index contributed by atoms with van der Waals surface area (Å²) >= 11 is 0. The summed E-state index contributed by atoms with van der Waals surface area (Å²) in [4.78, 5) is 8.72. The first-order valence-electron chi connectivity index (χ1n) is 10.8. The van der Waals surface area contributed by atoms with Gasteiger partial charge in [-0.2, -0.15) is 24.3 Å². The van der Waals surface area contributed by atoms with E-state index < -0.39 is 0 Å². The van der Waals surface area contributed by atoms with E-state index in [9.17, 15) is 0 Å². The number of hydrogen-bond acceptors (Lipinski definition) is 3. The summed E-state index contributed by atoms with van der Waals surface area (Å²) < 4.78 is 15.9. The van der Waals surface area contributed by atoms with Crippen molar-refractivity contribution in [2.24, 2.45) is 0 Å². The van der Waals surface area contributed by atoms with Crippen LogP contribution in [-0.2, 0) is 21.1 Å². The van der Waals surface area contributed by atoms with E-state index in [2.05, 4.69) is 44.9 Å². The summed E-state index contributed by atoms with van der Waals surface area (Å²) in [5.74, 6) is 1.59. The van der Waals surface area contributed by atoms with Crippen molar-refractivity contribution in [1.29, 1.82) is 0 Å². The molecule has 0 N–H and O–H groups in total. The van der Waals surface area contributed by atoms with Crippen molar-refractivity contribution in [3.05, 3.63) is 115 Å². The number of ether oxygens (including phenoxy) is 1. The molecule has 0 aliphatic rings. The Balaban J connectivity index is 0.00000241. The Morgan fingerprint density at radius 3 is 2.42 bits per heavy atom. The van der Waals surface area contributed by atoms with Gasteiger partial charge in [-0.3, -0.25) is 0 Å². The topological polar surface area (TPSA) is 39.9 Å². The summed E-state index contributed by atoms with van der Waals surface area (Å²) in [5.41, 5.74) is 3.76. The summed E-state index contributed by atoms with van der Waals surface area (Å²) in [6, 6.07) is 34.5. The Kier molecular flexibility index (Phi) is 5.43. The van der Waals surface area contributed by atoms with Crippen LogP contribution in [0.2, 0.25) is 0 Å². The number of aromatic nitrogens is 3. The zero-order chi connectivity index (χ0) is 22.2. The van der Waals surface area contributed by atoms with Gasteiger partial charge in [0.25, 0.3) is 0 Å². The van der Waals surface area contributed by atoms with Gasteiger partial charge in [0.1, 0.15) is 5.82 Å². The quantitative estimate of drug-likeness (QED) is 0.211. The summed E-state index contributed by atoms with van der Waals surface area (Å²) in [5, 5.41) is 2.26. The molecule has 0 unspecified atom stereocenters. The van der Waals surface area contributed by atoms with Gasteiger partial charge in [-0.25, -0.2) is 21.1 Å². The zero-order valence-electron chi connectivity index (χ0n) is 18.3. The first-order valence-corrected chi connectivity index (χ1v) is 10.3. The predicted octanol–water partition coefficient (Wildman–Crippen LogP) is 6.63. The number of para-hydroxylation sites is 1. The van der Waals surface area contributed by atoms with Crippen molar-refractivity contribution in [1.82, 2.24) is 14.5 Å². The fraction of sp³-hybridized carbons (Fsp3) is 0. The van der Waals surface area contributed by atoms with Gasteiger partial charge in [0.2, 0.25) is 5.88 Å². The fourth-order valence-corrected chi connectivity index (χ4v) is 3.91. The van der Waals surface area contributed by atoms with E-state index >= 15 is 0 Å². The van der Waals surface area contributed by atoms with E-state index in [-0.39, 0.29) is 33.0 Å². The number of rotatable bonds is 4. The minimum absolute atomic E-state index is 0. The van der Waals surface area contributed by atoms with Gasteiger partial charge >= 0.3 is 21.1 Å². The van der Waals surface area contributed by atoms with Crippen LogP contribution in [0.25, 0.3) is 38.8 Å². The zero-order valence-corrected chi connectivity index (χ0v) is 19.6. The number of hydrogen-bond donors (Lipinski definition) is 0. The Hall–Kier alpha value is -3.75. The molecular weight excluding hydrogens is 589 g/mol. The van der Waals surface area contributed by atoms with Gasteiger partial charge in [-0.1, -0.05) is 35.7 Å². The molecule has 5 heteroatoms. The molecular formula is C28H17N3OPt. The second-order valence-electron chi connectivity index (χ2n) is 7.29. The second kappa shape index (κ2) is 9.01. The molecule has 0 spiro atoms. The second-order valence-corrected chi connectivity index (χ2v) is 7.29. The minimum atomic E-state index is 0. The summed E-state index contributed by atoms with van der Waals surface area (Å²) in [6.07, 6.45) is 3.40. The standard InChI is InChI=1S/C28H17N3O.Pt/c1-2-11-25-23(10-1)24-15-14-21(19-26(24)31(25)27-12-3-5-16-29-27)20-8-7-9-22(18-20)32-28-13-4-6-17-30-28;/h1-17H;/q-2;+2/i13D;. The molecule has 0 radical (unpaired) electrons. The van der Waals surface area contributed by atoms with Gasteiger partial charge in [0.05, 0.1) is 1.37 Å². The molecule has 33 heavy (non-hydrogen) atoms. The molecule has 0 fully saturated rings. The molecule has 4 nitrogen and oxygen atoms in total. The average molecular weight is 608 g/mol. The minimum Gasteiger partial charge on any atom is -0.460 e. The smallest absolute Gasteiger partial charge is 0.460 e. The maximum absolute atomic E-state index is 7.97. The van der Waals surface area contributed by atoms with Crippen LogP contribution in [0.4, 0.5) is 0 Å². The van der Waals surface area contributed by atoms with Crippen LogP contribution >= 0.6 is 0 Å². The molecule has 0 amide bonds. The third kappa shape index (κ3) is 3.94. The van der Waals surface area contributed by atoms with E-state index in [0.29, 0.717) is 5.75 Å². The number of nitrogens with zero attached hydrogens (tertiary/aromatic N) is 3. The molecule has 6 rings (SSSR count). The summed E-state index contributed by atoms with van der Waals surface area (Å²) in [7, 11) is 0. The van der Waals surface area contributed by atoms with Crippen LogP contribution in [0.15, 0.2) is 103 Å². The van der Waals surface area contributed by atoms with Crippen LogP contribution in [0, 0.1) is 12.1 Å². The average Bonchev–Trinajstić information content (AvgIpc) is 3.20. The van der Waals surface area contributed by atoms with E-state index in [1.54, 1.807) is 30.6 Å². The molecule has 0 saturated carbocycles. The Morgan fingerprint density at radius 1 is 0.727 bits per heavy atom. The van der Waals surface area contributed by atoms with Crippen molar-refractivity contribution >= 4 is 21.8 Å². The molecule has 6 aromatic rings. The van der Waals surface area contributed by atoms with Crippen LogP contribution in [-0.4, -0.2) is 14.5 Å². The maximum atomic E-state index is 7.97. The van der Waals surface area contributed by atoms with Gasteiger partial charge in [-0.05, 0) is 35.2 Å². The van der Waals surface area contributed by atoms with Crippen LogP contribution in [0.5, 0.6) is 11.6 Å². The van der Waals surface area contributed by atoms with Crippen molar-refractivity contribution in [2.45, 2.75) is 0 Å². The molecule has 0 atom stereocenters. The fourth-order valence-electron chi connectivity index (χ4n) is 3.91. The molecule has 3 aromatic carbocycles. The number of benzene rings is 3. The van der Waals surface area contributed by atoms with Crippen molar-refractivity contribution in [3.63, 3.8) is 0 Å². The van der Waals surface area contributed by atoms with Gasteiger partial charge in [-0.15, -0.1) is 18.2 Å². The van der Waals surface area contributed by atoms with E-state index in [0.717, 1.165) is 38.8 Å². The normalized spacial score (nSPS) is 11.2. The van der Waals surface area contributed by atoms with Crippen molar-refractivity contribution < 1.29 is 27.2 Å².